The third kappa shape index (κ3) is 5.20. The molecule has 1 heterocycles. The Bertz CT molecular complexity index is 1210. The van der Waals surface area contributed by atoms with Gasteiger partial charge in [0.05, 0.1) is 33.5 Å². The lowest BCUT2D eigenvalue weighted by Crippen LogP contribution is -2.36. The lowest BCUT2D eigenvalue weighted by molar-refractivity contribution is -0.140. The summed E-state index contributed by atoms with van der Waals surface area (Å²) < 4.78 is 27.2. The van der Waals surface area contributed by atoms with Crippen LogP contribution >= 0.6 is 0 Å². The van der Waals surface area contributed by atoms with Gasteiger partial charge in [-0.1, -0.05) is 30.3 Å². The smallest absolute Gasteiger partial charge is 0.336 e. The number of Topliss-reactive ketones (excluding diaryl/α,β-unsaturated/α-hetero) is 1. The third-order valence-electron chi connectivity index (χ3n) is 6.86. The number of nitrogens with one attached hydrogen (secondary N) is 1. The van der Waals surface area contributed by atoms with Crippen LogP contribution in [0.15, 0.2) is 65.0 Å². The van der Waals surface area contributed by atoms with Gasteiger partial charge in [-0.15, -0.1) is 0 Å². The van der Waals surface area contributed by atoms with Crippen molar-refractivity contribution in [3.8, 4) is 17.2 Å². The second kappa shape index (κ2) is 11.5. The number of carbonyl (C=O) groups excluding carboxylic acids is 2. The highest BCUT2D eigenvalue weighted by Crippen LogP contribution is 2.49. The Morgan fingerprint density at radius 2 is 1.59 bits per heavy atom. The maximum atomic E-state index is 13.8. The maximum absolute atomic E-state index is 13.8. The summed E-state index contributed by atoms with van der Waals surface area (Å²) >= 11 is 0. The molecule has 8 heteroatoms. The molecule has 1 N–H and O–H groups in total. The predicted octanol–water partition coefficient (Wildman–Crippen LogP) is 4.26. The molecule has 0 amide bonds. The summed E-state index contributed by atoms with van der Waals surface area (Å²) in [7, 11) is 6.14. The Hall–Kier alpha value is -3.78. The minimum absolute atomic E-state index is 0.0175. The van der Waals surface area contributed by atoms with E-state index in [1.54, 1.807) is 19.2 Å². The number of methoxy groups -OCH3 is 4. The number of esters is 1. The molecule has 2 aliphatic rings. The molecule has 0 aromatic heterocycles. The number of carbonyl (C=O) groups is 2. The number of rotatable bonds is 9. The average molecular weight is 508 g/mol. The first-order valence-electron chi connectivity index (χ1n) is 12.2. The molecular weight excluding hydrogens is 474 g/mol. The Labute approximate surface area is 217 Å². The fourth-order valence-corrected chi connectivity index (χ4v) is 5.17. The van der Waals surface area contributed by atoms with Crippen molar-refractivity contribution in [3.63, 3.8) is 0 Å². The quantitative estimate of drug-likeness (QED) is 0.398. The van der Waals surface area contributed by atoms with Crippen LogP contribution in [0.2, 0.25) is 0 Å². The third-order valence-corrected chi connectivity index (χ3v) is 6.86. The van der Waals surface area contributed by atoms with Crippen molar-refractivity contribution >= 4 is 11.8 Å². The van der Waals surface area contributed by atoms with Gasteiger partial charge in [0, 0.05) is 36.4 Å². The minimum Gasteiger partial charge on any atom is -0.493 e. The summed E-state index contributed by atoms with van der Waals surface area (Å²) in [4.78, 5) is 27.2. The topological polar surface area (TPSA) is 92.3 Å². The lowest BCUT2D eigenvalue weighted by atomic mass is 9.71. The van der Waals surface area contributed by atoms with E-state index in [1.165, 1.54) is 21.3 Å². The summed E-state index contributed by atoms with van der Waals surface area (Å²) in [6.45, 7) is 2.20. The number of ether oxygens (including phenoxy) is 5. The summed E-state index contributed by atoms with van der Waals surface area (Å²) in [5.74, 6) is 0.162. The fourth-order valence-electron chi connectivity index (χ4n) is 5.17. The molecule has 196 valence electrons. The molecule has 1 aliphatic carbocycles. The molecule has 0 spiro atoms. The maximum Gasteiger partial charge on any atom is 0.336 e. The SMILES string of the molecule is COCCOC(=O)C1=C(C)NC2=C(C(=O)C[C@@H](c3ccccc3)C2)[C@@H]1c1cc(OC)c(OC)c(OC)c1. The highest BCUT2D eigenvalue weighted by Gasteiger charge is 2.42. The Kier molecular flexibility index (Phi) is 8.18. The Morgan fingerprint density at radius 3 is 2.19 bits per heavy atom. The molecule has 0 saturated carbocycles. The van der Waals surface area contributed by atoms with Gasteiger partial charge in [0.15, 0.2) is 17.3 Å². The van der Waals surface area contributed by atoms with Gasteiger partial charge in [0.2, 0.25) is 5.75 Å². The van der Waals surface area contributed by atoms with Gasteiger partial charge >= 0.3 is 5.97 Å². The first-order chi connectivity index (χ1) is 17.9. The van der Waals surface area contributed by atoms with Gasteiger partial charge in [-0.2, -0.15) is 0 Å². The van der Waals surface area contributed by atoms with Crippen LogP contribution in [0.1, 0.15) is 42.7 Å². The summed E-state index contributed by atoms with van der Waals surface area (Å²) in [6.07, 6.45) is 0.992. The summed E-state index contributed by atoms with van der Waals surface area (Å²) in [5.41, 5.74) is 4.17. The van der Waals surface area contributed by atoms with Crippen molar-refractivity contribution in [2.45, 2.75) is 31.6 Å². The van der Waals surface area contributed by atoms with E-state index in [1.807, 2.05) is 37.3 Å². The standard InChI is InChI=1S/C29H33NO7/c1-17-25(29(32)37-12-11-33-2)26(20-15-23(34-3)28(36-5)24(16-20)35-4)27-21(30-17)13-19(14-22(27)31)18-9-7-6-8-10-18/h6-10,15-16,19,26,30H,11-14H2,1-5H3/t19-,26+/m0/s1. The van der Waals surface area contributed by atoms with Crippen LogP contribution in [0.25, 0.3) is 0 Å². The molecule has 8 nitrogen and oxygen atoms in total. The minimum atomic E-state index is -0.663. The van der Waals surface area contributed by atoms with Crippen molar-refractivity contribution in [2.24, 2.45) is 0 Å². The van der Waals surface area contributed by atoms with Gasteiger partial charge in [0.25, 0.3) is 0 Å². The molecule has 37 heavy (non-hydrogen) atoms. The highest BCUT2D eigenvalue weighted by molar-refractivity contribution is 6.04. The van der Waals surface area contributed by atoms with Gasteiger partial charge in [-0.25, -0.2) is 4.79 Å². The molecule has 4 rings (SSSR count). The predicted molar refractivity (Wildman–Crippen MR) is 138 cm³/mol. The van der Waals surface area contributed by atoms with Crippen LogP contribution in [-0.4, -0.2) is 53.4 Å². The van der Waals surface area contributed by atoms with Crippen molar-refractivity contribution < 1.29 is 33.3 Å². The van der Waals surface area contributed by atoms with E-state index in [0.29, 0.717) is 52.5 Å². The normalized spacial score (nSPS) is 19.2. The molecule has 0 bridgehead atoms. The van der Waals surface area contributed by atoms with Crippen LogP contribution in [-0.2, 0) is 19.1 Å². The van der Waals surface area contributed by atoms with E-state index in [2.05, 4.69) is 5.32 Å². The van der Waals surface area contributed by atoms with E-state index in [-0.39, 0.29) is 24.9 Å². The zero-order valence-corrected chi connectivity index (χ0v) is 21.9. The number of ketones is 1. The number of hydrogen-bond donors (Lipinski definition) is 1. The monoisotopic (exact) mass is 507 g/mol. The molecule has 2 aromatic rings. The lowest BCUT2D eigenvalue weighted by Gasteiger charge is -2.37. The molecule has 2 atom stereocenters. The van der Waals surface area contributed by atoms with E-state index in [0.717, 1.165) is 11.3 Å². The molecule has 0 radical (unpaired) electrons. The molecule has 1 aliphatic heterocycles. The van der Waals surface area contributed by atoms with Crippen molar-refractivity contribution in [2.75, 3.05) is 41.7 Å². The van der Waals surface area contributed by atoms with Crippen molar-refractivity contribution in [3.05, 3.63) is 76.1 Å². The first-order valence-corrected chi connectivity index (χ1v) is 12.2. The molecule has 0 unspecified atom stereocenters. The largest absolute Gasteiger partial charge is 0.493 e. The number of dihydropyridines is 1. The van der Waals surface area contributed by atoms with Crippen LogP contribution < -0.4 is 19.5 Å². The number of benzene rings is 2. The van der Waals surface area contributed by atoms with Gasteiger partial charge in [0.1, 0.15) is 6.61 Å². The van der Waals surface area contributed by atoms with Crippen molar-refractivity contribution in [1.29, 1.82) is 0 Å². The van der Waals surface area contributed by atoms with Crippen molar-refractivity contribution in [1.82, 2.24) is 5.32 Å². The average Bonchev–Trinajstić information content (AvgIpc) is 2.91. The van der Waals surface area contributed by atoms with Gasteiger partial charge in [-0.3, -0.25) is 4.79 Å². The molecule has 2 aromatic carbocycles. The van der Waals surface area contributed by atoms with E-state index in [4.69, 9.17) is 23.7 Å². The fraction of sp³-hybridized carbons (Fsp3) is 0.379. The molecule has 0 saturated heterocycles. The van der Waals surface area contributed by atoms with Gasteiger partial charge in [-0.05, 0) is 42.5 Å². The van der Waals surface area contributed by atoms with Crippen LogP contribution in [0.5, 0.6) is 17.2 Å². The molecular formula is C29H33NO7. The Balaban J connectivity index is 1.85. The second-order valence-corrected chi connectivity index (χ2v) is 9.02. The first kappa shape index (κ1) is 26.3. The Morgan fingerprint density at radius 1 is 0.919 bits per heavy atom. The number of allylic oxidation sites excluding steroid dienone is 3. The molecule has 0 fully saturated rings. The number of hydrogen-bond acceptors (Lipinski definition) is 8. The van der Waals surface area contributed by atoms with E-state index in [9.17, 15) is 9.59 Å². The zero-order valence-electron chi connectivity index (χ0n) is 21.9. The van der Waals surface area contributed by atoms with Gasteiger partial charge < -0.3 is 29.0 Å². The van der Waals surface area contributed by atoms with Crippen LogP contribution in [0.3, 0.4) is 0 Å². The second-order valence-electron chi connectivity index (χ2n) is 9.02. The van der Waals surface area contributed by atoms with E-state index < -0.39 is 11.9 Å². The summed E-state index contributed by atoms with van der Waals surface area (Å²) in [5, 5.41) is 3.37. The van der Waals surface area contributed by atoms with E-state index >= 15 is 0 Å². The van der Waals surface area contributed by atoms with Crippen LogP contribution in [0.4, 0.5) is 0 Å². The van der Waals surface area contributed by atoms with Crippen LogP contribution in [0, 0.1) is 0 Å². The summed E-state index contributed by atoms with van der Waals surface area (Å²) in [6, 6.07) is 13.6. The highest BCUT2D eigenvalue weighted by atomic mass is 16.6. The zero-order chi connectivity index (χ0) is 26.5.